The van der Waals surface area contributed by atoms with E-state index in [0.29, 0.717) is 17.1 Å². The van der Waals surface area contributed by atoms with Crippen molar-refractivity contribution in [3.63, 3.8) is 0 Å². The molecule has 3 rings (SSSR count). The van der Waals surface area contributed by atoms with Gasteiger partial charge in [-0.2, -0.15) is 0 Å². The zero-order valence-electron chi connectivity index (χ0n) is 12.9. The molecule has 6 heteroatoms. The highest BCUT2D eigenvalue weighted by molar-refractivity contribution is 7.85. The Bertz CT molecular complexity index is 883. The Labute approximate surface area is 146 Å². The number of benzene rings is 2. The first kappa shape index (κ1) is 16.7. The summed E-state index contributed by atoms with van der Waals surface area (Å²) in [6.45, 7) is 0. The summed E-state index contributed by atoms with van der Waals surface area (Å²) in [6.07, 6.45) is 1.26. The summed E-state index contributed by atoms with van der Waals surface area (Å²) in [5.74, 6) is 0.518. The molecule has 0 bridgehead atoms. The van der Waals surface area contributed by atoms with Gasteiger partial charge in [0.05, 0.1) is 15.7 Å². The van der Waals surface area contributed by atoms with Crippen LogP contribution in [0.3, 0.4) is 0 Å². The Morgan fingerprint density at radius 2 is 1.71 bits per heavy atom. The van der Waals surface area contributed by atoms with Crippen molar-refractivity contribution in [2.75, 3.05) is 5.75 Å². The molecule has 0 radical (unpaired) electrons. The van der Waals surface area contributed by atoms with Crippen LogP contribution in [0.5, 0.6) is 5.88 Å². The number of aromatic amines is 1. The van der Waals surface area contributed by atoms with Crippen molar-refractivity contribution in [3.05, 3.63) is 80.3 Å². The molecule has 1 aromatic heterocycles. The molecule has 4 nitrogen and oxygen atoms in total. The molecule has 0 spiro atoms. The fourth-order valence-electron chi connectivity index (χ4n) is 2.39. The summed E-state index contributed by atoms with van der Waals surface area (Å²) in [7, 11) is -1.04. The van der Waals surface area contributed by atoms with Crippen LogP contribution in [-0.4, -0.2) is 20.1 Å². The van der Waals surface area contributed by atoms with Crippen molar-refractivity contribution < 1.29 is 9.32 Å². The van der Waals surface area contributed by atoms with Gasteiger partial charge in [0, 0.05) is 17.1 Å². The van der Waals surface area contributed by atoms with Gasteiger partial charge in [-0.05, 0) is 29.7 Å². The molecular formula is C18H17NO3S2. The number of aryl methyl sites for hydroxylation is 1. The summed E-state index contributed by atoms with van der Waals surface area (Å²) < 4.78 is 12.4. The minimum Gasteiger partial charge on any atom is -0.494 e. The number of rotatable bonds is 6. The van der Waals surface area contributed by atoms with Crippen LogP contribution in [-0.2, 0) is 23.6 Å². The number of aromatic nitrogens is 1. The zero-order valence-corrected chi connectivity index (χ0v) is 14.5. The number of nitrogens with one attached hydrogen (secondary N) is 1. The standard InChI is InChI=1S/C18H17NO3S2/c20-17-16(23-18(21)19-17)12-14-6-8-15(9-7-14)24(22)11-10-13-4-2-1-3-5-13/h1-9,20H,10-12H2,(H,19,21). The van der Waals surface area contributed by atoms with Crippen LogP contribution in [0.1, 0.15) is 16.0 Å². The molecule has 0 fully saturated rings. The van der Waals surface area contributed by atoms with Crippen molar-refractivity contribution in [2.45, 2.75) is 17.7 Å². The summed E-state index contributed by atoms with van der Waals surface area (Å²) in [5.41, 5.74) is 2.14. The number of hydrogen-bond acceptors (Lipinski definition) is 4. The second kappa shape index (κ2) is 7.59. The van der Waals surface area contributed by atoms with Crippen LogP contribution in [0.4, 0.5) is 0 Å². The zero-order chi connectivity index (χ0) is 16.9. The third-order valence-electron chi connectivity index (χ3n) is 3.67. The second-order valence-electron chi connectivity index (χ2n) is 5.39. The van der Waals surface area contributed by atoms with E-state index in [4.69, 9.17) is 0 Å². The van der Waals surface area contributed by atoms with Crippen molar-refractivity contribution in [3.8, 4) is 5.88 Å². The number of aromatic hydroxyl groups is 1. The van der Waals surface area contributed by atoms with Gasteiger partial charge in [-0.15, -0.1) is 0 Å². The van der Waals surface area contributed by atoms with E-state index in [1.54, 1.807) is 0 Å². The topological polar surface area (TPSA) is 70.2 Å². The Hall–Kier alpha value is -2.18. The molecule has 0 aliphatic heterocycles. The molecule has 1 atom stereocenters. The summed E-state index contributed by atoms with van der Waals surface area (Å²) >= 11 is 1.00. The third kappa shape index (κ3) is 4.21. The number of hydrogen-bond donors (Lipinski definition) is 2. The molecule has 0 aliphatic carbocycles. The molecule has 24 heavy (non-hydrogen) atoms. The highest BCUT2D eigenvalue weighted by atomic mass is 32.2. The summed E-state index contributed by atoms with van der Waals surface area (Å²) in [4.78, 5) is 14.7. The van der Waals surface area contributed by atoms with Gasteiger partial charge in [-0.3, -0.25) is 14.0 Å². The van der Waals surface area contributed by atoms with Crippen LogP contribution in [0.15, 0.2) is 64.3 Å². The monoisotopic (exact) mass is 359 g/mol. The minimum atomic E-state index is -1.04. The first-order chi connectivity index (χ1) is 11.6. The first-order valence-corrected chi connectivity index (χ1v) is 9.67. The van der Waals surface area contributed by atoms with E-state index in [0.717, 1.165) is 28.2 Å². The Kier molecular flexibility index (Phi) is 5.27. The molecule has 2 aromatic carbocycles. The van der Waals surface area contributed by atoms with Gasteiger partial charge < -0.3 is 5.11 Å². The van der Waals surface area contributed by atoms with Gasteiger partial charge in [0.25, 0.3) is 0 Å². The van der Waals surface area contributed by atoms with Crippen molar-refractivity contribution >= 4 is 22.1 Å². The average molecular weight is 359 g/mol. The van der Waals surface area contributed by atoms with Crippen LogP contribution < -0.4 is 4.87 Å². The van der Waals surface area contributed by atoms with Crippen molar-refractivity contribution in [1.29, 1.82) is 0 Å². The first-order valence-electron chi connectivity index (χ1n) is 7.54. The van der Waals surface area contributed by atoms with Gasteiger partial charge >= 0.3 is 4.87 Å². The molecule has 0 aliphatic rings. The fraction of sp³-hybridized carbons (Fsp3) is 0.167. The van der Waals surface area contributed by atoms with Crippen molar-refractivity contribution in [2.24, 2.45) is 0 Å². The Morgan fingerprint density at radius 1 is 1.00 bits per heavy atom. The van der Waals surface area contributed by atoms with E-state index in [2.05, 4.69) is 4.98 Å². The second-order valence-corrected chi connectivity index (χ2v) is 8.03. The fourth-order valence-corrected chi connectivity index (χ4v) is 4.24. The lowest BCUT2D eigenvalue weighted by Gasteiger charge is -2.05. The van der Waals surface area contributed by atoms with E-state index in [-0.39, 0.29) is 10.8 Å². The predicted molar refractivity (Wildman–Crippen MR) is 97.3 cm³/mol. The van der Waals surface area contributed by atoms with Crippen molar-refractivity contribution in [1.82, 2.24) is 4.98 Å². The van der Waals surface area contributed by atoms with Crippen LogP contribution >= 0.6 is 11.3 Å². The molecule has 124 valence electrons. The van der Waals surface area contributed by atoms with E-state index < -0.39 is 10.8 Å². The predicted octanol–water partition coefficient (Wildman–Crippen LogP) is 3.08. The average Bonchev–Trinajstić information content (AvgIpc) is 2.91. The Balaban J connectivity index is 1.62. The highest BCUT2D eigenvalue weighted by Crippen LogP contribution is 2.21. The Morgan fingerprint density at radius 3 is 2.33 bits per heavy atom. The van der Waals surface area contributed by atoms with Gasteiger partial charge in [-0.25, -0.2) is 0 Å². The normalized spacial score (nSPS) is 12.2. The smallest absolute Gasteiger partial charge is 0.307 e. The number of thiazole rings is 1. The van der Waals surface area contributed by atoms with Crippen LogP contribution in [0, 0.1) is 0 Å². The minimum absolute atomic E-state index is 0.0690. The molecular weight excluding hydrogens is 342 g/mol. The largest absolute Gasteiger partial charge is 0.494 e. The quantitative estimate of drug-likeness (QED) is 0.710. The summed E-state index contributed by atoms with van der Waals surface area (Å²) in [5, 5.41) is 9.62. The summed E-state index contributed by atoms with van der Waals surface area (Å²) in [6, 6.07) is 17.5. The van der Waals surface area contributed by atoms with Gasteiger partial charge in [0.2, 0.25) is 5.88 Å². The van der Waals surface area contributed by atoms with Crippen LogP contribution in [0.25, 0.3) is 0 Å². The van der Waals surface area contributed by atoms with Gasteiger partial charge in [0.15, 0.2) is 0 Å². The molecule has 0 saturated carbocycles. The molecule has 0 amide bonds. The van der Waals surface area contributed by atoms with E-state index in [1.807, 2.05) is 54.6 Å². The lowest BCUT2D eigenvalue weighted by Crippen LogP contribution is -2.01. The lowest BCUT2D eigenvalue weighted by atomic mass is 10.1. The molecule has 2 N–H and O–H groups in total. The maximum atomic E-state index is 12.4. The molecule has 3 aromatic rings. The molecule has 1 unspecified atom stereocenters. The van der Waals surface area contributed by atoms with E-state index in [1.165, 1.54) is 5.56 Å². The SMILES string of the molecule is O=c1[nH]c(O)c(Cc2ccc(S(=O)CCc3ccccc3)cc2)s1. The van der Waals surface area contributed by atoms with Gasteiger partial charge in [0.1, 0.15) is 0 Å². The van der Waals surface area contributed by atoms with Crippen LogP contribution in [0.2, 0.25) is 0 Å². The maximum absolute atomic E-state index is 12.4. The highest BCUT2D eigenvalue weighted by Gasteiger charge is 2.09. The lowest BCUT2D eigenvalue weighted by molar-refractivity contribution is 0.451. The van der Waals surface area contributed by atoms with E-state index in [9.17, 15) is 14.1 Å². The maximum Gasteiger partial charge on any atom is 0.307 e. The molecule has 0 saturated heterocycles. The molecule has 1 heterocycles. The van der Waals surface area contributed by atoms with Gasteiger partial charge in [-0.1, -0.05) is 53.8 Å². The number of H-pyrrole nitrogens is 1. The third-order valence-corrected chi connectivity index (χ3v) is 5.91. The van der Waals surface area contributed by atoms with E-state index >= 15 is 0 Å².